The van der Waals surface area contributed by atoms with E-state index >= 15 is 0 Å². The van der Waals surface area contributed by atoms with Crippen LogP contribution in [0, 0.1) is 0 Å². The van der Waals surface area contributed by atoms with Crippen molar-refractivity contribution in [2.75, 3.05) is 5.75 Å². The van der Waals surface area contributed by atoms with Crippen molar-refractivity contribution in [2.24, 2.45) is 0 Å². The maximum Gasteiger partial charge on any atom is 0.343 e. The number of benzene rings is 1. The number of hydroxylamine groups is 1. The van der Waals surface area contributed by atoms with Crippen molar-refractivity contribution in [1.29, 1.82) is 0 Å². The van der Waals surface area contributed by atoms with E-state index in [0.717, 1.165) is 18.4 Å². The number of aromatic nitrogens is 3. The third kappa shape index (κ3) is 5.57. The second-order valence-corrected chi connectivity index (χ2v) is 5.85. The minimum Gasteiger partial charge on any atom is -0.272 e. The van der Waals surface area contributed by atoms with E-state index in [1.807, 2.05) is 30.3 Å². The molecule has 0 atom stereocenters. The molecule has 0 saturated heterocycles. The van der Waals surface area contributed by atoms with Crippen molar-refractivity contribution < 1.29 is 9.63 Å². The number of carbonyl (C=O) groups excluding carboxylic acids is 1. The van der Waals surface area contributed by atoms with Gasteiger partial charge in [0.2, 0.25) is 0 Å². The molecule has 0 bridgehead atoms. The zero-order valence-corrected chi connectivity index (χ0v) is 13.8. The molecule has 8 heteroatoms. The lowest BCUT2D eigenvalue weighted by molar-refractivity contribution is -0.131. The zero-order chi connectivity index (χ0) is 16.5. The first kappa shape index (κ1) is 17.3. The monoisotopic (exact) mass is 336 g/mol. The summed E-state index contributed by atoms with van der Waals surface area (Å²) in [5, 5.41) is 6.86. The second-order valence-electron chi connectivity index (χ2n) is 4.90. The predicted molar refractivity (Wildman–Crippen MR) is 87.9 cm³/mol. The Balaban J connectivity index is 1.75. The fraction of sp³-hybridized carbons (Fsp3) is 0.400. The van der Waals surface area contributed by atoms with E-state index in [2.05, 4.69) is 22.6 Å². The maximum atomic E-state index is 11.8. The van der Waals surface area contributed by atoms with Gasteiger partial charge in [-0.2, -0.15) is 0 Å². The summed E-state index contributed by atoms with van der Waals surface area (Å²) in [5.74, 6) is -0.144. The number of amides is 1. The minimum atomic E-state index is -0.275. The molecular formula is C15H20N4O3S. The Labute approximate surface area is 138 Å². The summed E-state index contributed by atoms with van der Waals surface area (Å²) in [4.78, 5) is 28.5. The largest absolute Gasteiger partial charge is 0.343 e. The summed E-state index contributed by atoms with van der Waals surface area (Å²) in [7, 11) is 0. The molecule has 0 unspecified atom stereocenters. The first-order valence-electron chi connectivity index (χ1n) is 7.43. The molecule has 2 rings (SSSR count). The average Bonchev–Trinajstić information content (AvgIpc) is 2.92. The van der Waals surface area contributed by atoms with E-state index in [1.165, 1.54) is 11.8 Å². The summed E-state index contributed by atoms with van der Waals surface area (Å²) in [6.07, 6.45) is 1.87. The van der Waals surface area contributed by atoms with Gasteiger partial charge >= 0.3 is 5.69 Å². The van der Waals surface area contributed by atoms with E-state index < -0.39 is 0 Å². The van der Waals surface area contributed by atoms with Crippen LogP contribution >= 0.6 is 11.8 Å². The van der Waals surface area contributed by atoms with Gasteiger partial charge in [0, 0.05) is 6.54 Å². The van der Waals surface area contributed by atoms with Crippen LogP contribution in [0.5, 0.6) is 0 Å². The van der Waals surface area contributed by atoms with Crippen molar-refractivity contribution in [2.45, 2.75) is 38.1 Å². The highest BCUT2D eigenvalue weighted by Crippen LogP contribution is 2.13. The quantitative estimate of drug-likeness (QED) is 0.537. The molecule has 0 spiro atoms. The molecule has 7 nitrogen and oxygen atoms in total. The molecule has 2 aromatic rings. The van der Waals surface area contributed by atoms with E-state index in [0.29, 0.717) is 18.3 Å². The molecule has 1 aromatic carbocycles. The second kappa shape index (κ2) is 9.16. The van der Waals surface area contributed by atoms with Crippen molar-refractivity contribution in [3.05, 3.63) is 46.4 Å². The highest BCUT2D eigenvalue weighted by Gasteiger charge is 2.11. The molecule has 0 saturated carbocycles. The van der Waals surface area contributed by atoms with Gasteiger partial charge in [0.15, 0.2) is 5.16 Å². The number of aromatic amines is 1. The molecular weight excluding hydrogens is 316 g/mol. The number of thioether (sulfide) groups is 1. The number of rotatable bonds is 9. The van der Waals surface area contributed by atoms with Crippen LogP contribution < -0.4 is 11.2 Å². The van der Waals surface area contributed by atoms with Crippen molar-refractivity contribution in [1.82, 2.24) is 20.2 Å². The van der Waals surface area contributed by atoms with Crippen LogP contribution in [0.4, 0.5) is 0 Å². The van der Waals surface area contributed by atoms with Gasteiger partial charge in [0.25, 0.3) is 5.91 Å². The Morgan fingerprint density at radius 1 is 1.39 bits per heavy atom. The van der Waals surface area contributed by atoms with Gasteiger partial charge in [-0.3, -0.25) is 14.2 Å². The Kier molecular flexibility index (Phi) is 6.89. The number of unbranched alkanes of at least 4 members (excludes halogenated alkanes) is 1. The fourth-order valence-corrected chi connectivity index (χ4v) is 2.62. The summed E-state index contributed by atoms with van der Waals surface area (Å²) in [6.45, 7) is 2.95. The summed E-state index contributed by atoms with van der Waals surface area (Å²) in [6, 6.07) is 9.56. The maximum absolute atomic E-state index is 11.8. The molecule has 0 aliphatic rings. The van der Waals surface area contributed by atoms with Crippen LogP contribution in [0.1, 0.15) is 25.3 Å². The van der Waals surface area contributed by atoms with E-state index in [1.54, 1.807) is 4.57 Å². The minimum absolute atomic E-state index is 0.130. The van der Waals surface area contributed by atoms with Crippen molar-refractivity contribution in [3.63, 3.8) is 0 Å². The molecule has 0 fully saturated rings. The van der Waals surface area contributed by atoms with Crippen LogP contribution in [-0.2, 0) is 22.8 Å². The SMILES string of the molecule is CCCCn1c(SCC(=O)NOCc2ccccc2)n[nH]c1=O. The third-order valence-electron chi connectivity index (χ3n) is 3.06. The Hall–Kier alpha value is -2.06. The molecule has 23 heavy (non-hydrogen) atoms. The van der Waals surface area contributed by atoms with Gasteiger partial charge in [-0.15, -0.1) is 5.10 Å². The highest BCUT2D eigenvalue weighted by atomic mass is 32.2. The van der Waals surface area contributed by atoms with Crippen LogP contribution in [0.25, 0.3) is 0 Å². The van der Waals surface area contributed by atoms with Crippen LogP contribution in [-0.4, -0.2) is 26.4 Å². The summed E-state index contributed by atoms with van der Waals surface area (Å²) < 4.78 is 1.55. The molecule has 0 aliphatic carbocycles. The summed E-state index contributed by atoms with van der Waals surface area (Å²) >= 11 is 1.20. The van der Waals surface area contributed by atoms with Gasteiger partial charge in [-0.25, -0.2) is 15.4 Å². The van der Waals surface area contributed by atoms with E-state index in [4.69, 9.17) is 4.84 Å². The number of hydrogen-bond acceptors (Lipinski definition) is 5. The highest BCUT2D eigenvalue weighted by molar-refractivity contribution is 7.99. The standard InChI is InChI=1S/C15H20N4O3S/c1-2-3-9-19-14(21)16-17-15(19)23-11-13(20)18-22-10-12-7-5-4-6-8-12/h4-8H,2-3,9-11H2,1H3,(H,16,21)(H,18,20). The lowest BCUT2D eigenvalue weighted by atomic mass is 10.2. The predicted octanol–water partition coefficient (Wildman–Crippen LogP) is 1.71. The third-order valence-corrected chi connectivity index (χ3v) is 4.03. The topological polar surface area (TPSA) is 89.0 Å². The molecule has 124 valence electrons. The molecule has 2 N–H and O–H groups in total. The smallest absolute Gasteiger partial charge is 0.272 e. The Morgan fingerprint density at radius 3 is 2.91 bits per heavy atom. The number of nitrogens with one attached hydrogen (secondary N) is 2. The van der Waals surface area contributed by atoms with Gasteiger partial charge in [0.1, 0.15) is 0 Å². The van der Waals surface area contributed by atoms with E-state index in [-0.39, 0.29) is 17.3 Å². The van der Waals surface area contributed by atoms with Crippen molar-refractivity contribution in [3.8, 4) is 0 Å². The lowest BCUT2D eigenvalue weighted by Crippen LogP contribution is -2.25. The fourth-order valence-electron chi connectivity index (χ4n) is 1.86. The number of carbonyl (C=O) groups is 1. The number of H-pyrrole nitrogens is 1. The Morgan fingerprint density at radius 2 is 2.17 bits per heavy atom. The van der Waals surface area contributed by atoms with Crippen LogP contribution in [0.3, 0.4) is 0 Å². The lowest BCUT2D eigenvalue weighted by Gasteiger charge is -2.06. The van der Waals surface area contributed by atoms with Gasteiger partial charge in [-0.05, 0) is 12.0 Å². The first-order valence-corrected chi connectivity index (χ1v) is 8.41. The normalized spacial score (nSPS) is 10.7. The Bertz CT molecular complexity index is 669. The van der Waals surface area contributed by atoms with Crippen LogP contribution in [0.2, 0.25) is 0 Å². The molecule has 1 aromatic heterocycles. The first-order chi connectivity index (χ1) is 11.2. The van der Waals surface area contributed by atoms with Crippen molar-refractivity contribution >= 4 is 17.7 Å². The van der Waals surface area contributed by atoms with Gasteiger partial charge in [0.05, 0.1) is 12.4 Å². The molecule has 0 radical (unpaired) electrons. The molecule has 0 aliphatic heterocycles. The molecule has 1 amide bonds. The number of hydrogen-bond donors (Lipinski definition) is 2. The molecule has 1 heterocycles. The zero-order valence-electron chi connectivity index (χ0n) is 12.9. The average molecular weight is 336 g/mol. The van der Waals surface area contributed by atoms with Crippen LogP contribution in [0.15, 0.2) is 40.3 Å². The van der Waals surface area contributed by atoms with Gasteiger partial charge in [-0.1, -0.05) is 55.4 Å². The number of nitrogens with zero attached hydrogens (tertiary/aromatic N) is 2. The van der Waals surface area contributed by atoms with E-state index in [9.17, 15) is 9.59 Å². The summed E-state index contributed by atoms with van der Waals surface area (Å²) in [5.41, 5.74) is 3.11. The van der Waals surface area contributed by atoms with Gasteiger partial charge < -0.3 is 0 Å².